The zero-order valence-corrected chi connectivity index (χ0v) is 16.0. The number of hydrogen-bond donors (Lipinski definition) is 1. The SMILES string of the molecule is COc1cc(/C=N\n2c(SCc3ccccc3)n[nH]c2=S)cc2c1OCO2. The fraction of sp³-hybridized carbons (Fsp3) is 0.167. The molecule has 138 valence electrons. The van der Waals surface area contributed by atoms with E-state index in [9.17, 15) is 0 Å². The van der Waals surface area contributed by atoms with Gasteiger partial charge in [-0.1, -0.05) is 42.1 Å². The topological polar surface area (TPSA) is 73.7 Å². The van der Waals surface area contributed by atoms with Crippen molar-refractivity contribution in [1.29, 1.82) is 0 Å². The van der Waals surface area contributed by atoms with Crippen LogP contribution >= 0.6 is 24.0 Å². The van der Waals surface area contributed by atoms with Crippen LogP contribution in [0.25, 0.3) is 0 Å². The molecule has 0 amide bonds. The van der Waals surface area contributed by atoms with Gasteiger partial charge in [0, 0.05) is 11.3 Å². The largest absolute Gasteiger partial charge is 0.493 e. The Morgan fingerprint density at radius 3 is 3.00 bits per heavy atom. The summed E-state index contributed by atoms with van der Waals surface area (Å²) in [4.78, 5) is 0. The molecule has 2 heterocycles. The maximum atomic E-state index is 5.44. The molecule has 0 atom stereocenters. The number of benzene rings is 2. The van der Waals surface area contributed by atoms with Crippen LogP contribution in [-0.2, 0) is 5.75 Å². The van der Waals surface area contributed by atoms with Crippen molar-refractivity contribution in [3.63, 3.8) is 0 Å². The molecule has 0 bridgehead atoms. The van der Waals surface area contributed by atoms with Crippen molar-refractivity contribution in [3.05, 3.63) is 58.4 Å². The van der Waals surface area contributed by atoms with E-state index in [0.29, 0.717) is 27.2 Å². The lowest BCUT2D eigenvalue weighted by Crippen LogP contribution is -1.95. The minimum atomic E-state index is 0.180. The lowest BCUT2D eigenvalue weighted by Gasteiger charge is -2.05. The molecule has 1 N–H and O–H groups in total. The van der Waals surface area contributed by atoms with E-state index in [2.05, 4.69) is 27.4 Å². The third-order valence-corrected chi connectivity index (χ3v) is 5.10. The van der Waals surface area contributed by atoms with Crippen molar-refractivity contribution < 1.29 is 14.2 Å². The van der Waals surface area contributed by atoms with Crippen LogP contribution in [0.15, 0.2) is 52.7 Å². The molecule has 4 rings (SSSR count). The summed E-state index contributed by atoms with van der Waals surface area (Å²) in [6.07, 6.45) is 1.68. The first-order chi connectivity index (χ1) is 13.2. The first-order valence-corrected chi connectivity index (χ1v) is 9.50. The molecule has 0 unspecified atom stereocenters. The zero-order chi connectivity index (χ0) is 18.6. The molecule has 0 fully saturated rings. The maximum Gasteiger partial charge on any atom is 0.231 e. The van der Waals surface area contributed by atoms with E-state index < -0.39 is 0 Å². The molecular weight excluding hydrogens is 384 g/mol. The average molecular weight is 400 g/mol. The Morgan fingerprint density at radius 2 is 2.19 bits per heavy atom. The second kappa shape index (κ2) is 7.85. The van der Waals surface area contributed by atoms with Gasteiger partial charge in [0.25, 0.3) is 0 Å². The van der Waals surface area contributed by atoms with Crippen molar-refractivity contribution in [2.75, 3.05) is 13.9 Å². The first kappa shape index (κ1) is 17.6. The van der Waals surface area contributed by atoms with Gasteiger partial charge in [-0.25, -0.2) is 5.10 Å². The van der Waals surface area contributed by atoms with Crippen LogP contribution in [0.1, 0.15) is 11.1 Å². The lowest BCUT2D eigenvalue weighted by atomic mass is 10.2. The second-order valence-corrected chi connectivity index (χ2v) is 6.93. The van der Waals surface area contributed by atoms with Crippen molar-refractivity contribution in [2.45, 2.75) is 10.9 Å². The molecule has 1 aromatic heterocycles. The smallest absolute Gasteiger partial charge is 0.231 e. The molecule has 3 aromatic rings. The van der Waals surface area contributed by atoms with Gasteiger partial charge >= 0.3 is 0 Å². The monoisotopic (exact) mass is 400 g/mol. The van der Waals surface area contributed by atoms with E-state index in [1.54, 1.807) is 29.8 Å². The van der Waals surface area contributed by atoms with Crippen molar-refractivity contribution >= 4 is 30.2 Å². The molecule has 27 heavy (non-hydrogen) atoms. The fourth-order valence-electron chi connectivity index (χ4n) is 2.54. The van der Waals surface area contributed by atoms with Crippen LogP contribution in [0.3, 0.4) is 0 Å². The summed E-state index contributed by atoms with van der Waals surface area (Å²) in [6, 6.07) is 13.8. The van der Waals surface area contributed by atoms with Crippen LogP contribution in [0.2, 0.25) is 0 Å². The minimum absolute atomic E-state index is 0.180. The Labute approximate surface area is 165 Å². The van der Waals surface area contributed by atoms with Gasteiger partial charge in [0.1, 0.15) is 0 Å². The van der Waals surface area contributed by atoms with E-state index in [1.165, 1.54) is 5.56 Å². The Hall–Kier alpha value is -2.78. The molecule has 0 saturated carbocycles. The van der Waals surface area contributed by atoms with Crippen LogP contribution in [-0.4, -0.2) is 35.0 Å². The maximum absolute atomic E-state index is 5.44. The normalized spacial score (nSPS) is 12.6. The molecule has 1 aliphatic heterocycles. The number of nitrogens with one attached hydrogen (secondary N) is 1. The summed E-state index contributed by atoms with van der Waals surface area (Å²) in [5.74, 6) is 2.60. The summed E-state index contributed by atoms with van der Waals surface area (Å²) in [6.45, 7) is 0.180. The number of methoxy groups -OCH3 is 1. The molecule has 1 aliphatic rings. The predicted molar refractivity (Wildman–Crippen MR) is 106 cm³/mol. The highest BCUT2D eigenvalue weighted by Crippen LogP contribution is 2.41. The van der Waals surface area contributed by atoms with Crippen LogP contribution in [0.5, 0.6) is 17.2 Å². The number of fused-ring (bicyclic) bond motifs is 1. The molecule has 0 spiro atoms. The highest BCUT2D eigenvalue weighted by molar-refractivity contribution is 7.98. The van der Waals surface area contributed by atoms with E-state index in [4.69, 9.17) is 26.4 Å². The van der Waals surface area contributed by atoms with Crippen LogP contribution in [0.4, 0.5) is 0 Å². The Morgan fingerprint density at radius 1 is 1.33 bits per heavy atom. The van der Waals surface area contributed by atoms with E-state index >= 15 is 0 Å². The summed E-state index contributed by atoms with van der Waals surface area (Å²) >= 11 is 6.85. The number of aromatic amines is 1. The van der Waals surface area contributed by atoms with E-state index in [0.717, 1.165) is 11.3 Å². The first-order valence-electron chi connectivity index (χ1n) is 8.11. The standard InChI is InChI=1S/C18H16N4O3S2/c1-23-14-7-13(8-15-16(14)25-11-24-15)9-19-22-17(26)20-21-18(22)27-10-12-5-3-2-4-6-12/h2-9H,10-11H2,1H3,(H,20,26)/b19-9-. The number of ether oxygens (including phenoxy) is 3. The van der Waals surface area contributed by atoms with Gasteiger partial charge in [0.15, 0.2) is 11.5 Å². The summed E-state index contributed by atoms with van der Waals surface area (Å²) in [7, 11) is 1.59. The van der Waals surface area contributed by atoms with Crippen LogP contribution in [0, 0.1) is 4.77 Å². The lowest BCUT2D eigenvalue weighted by molar-refractivity contribution is 0.171. The van der Waals surface area contributed by atoms with Crippen molar-refractivity contribution in [3.8, 4) is 17.2 Å². The van der Waals surface area contributed by atoms with Crippen LogP contribution < -0.4 is 14.2 Å². The van der Waals surface area contributed by atoms with Crippen molar-refractivity contribution in [2.24, 2.45) is 5.10 Å². The van der Waals surface area contributed by atoms with Crippen molar-refractivity contribution in [1.82, 2.24) is 14.9 Å². The Bertz CT molecular complexity index is 1030. The highest BCUT2D eigenvalue weighted by Gasteiger charge is 2.19. The molecular formula is C18H16N4O3S2. The van der Waals surface area contributed by atoms with E-state index in [1.807, 2.05) is 30.3 Å². The molecule has 0 radical (unpaired) electrons. The van der Waals surface area contributed by atoms with Gasteiger partial charge in [-0.15, -0.1) is 5.10 Å². The number of hydrogen-bond acceptors (Lipinski definition) is 7. The summed E-state index contributed by atoms with van der Waals surface area (Å²) < 4.78 is 18.2. The highest BCUT2D eigenvalue weighted by atomic mass is 32.2. The molecule has 2 aromatic carbocycles. The Kier molecular flexibility index (Phi) is 5.12. The van der Waals surface area contributed by atoms with Gasteiger partial charge in [-0.05, 0) is 29.9 Å². The molecule has 0 saturated heterocycles. The predicted octanol–water partition coefficient (Wildman–Crippen LogP) is 3.85. The third kappa shape index (κ3) is 3.83. The number of H-pyrrole nitrogens is 1. The third-order valence-electron chi connectivity index (χ3n) is 3.83. The molecule has 9 heteroatoms. The van der Waals surface area contributed by atoms with Gasteiger partial charge < -0.3 is 14.2 Å². The van der Waals surface area contributed by atoms with Gasteiger partial charge in [0.2, 0.25) is 22.5 Å². The quantitative estimate of drug-likeness (QED) is 0.385. The number of thioether (sulfide) groups is 1. The number of aromatic nitrogens is 3. The summed E-state index contributed by atoms with van der Waals surface area (Å²) in [5, 5.41) is 12.2. The molecule has 0 aliphatic carbocycles. The average Bonchev–Trinajstić information content (AvgIpc) is 3.31. The zero-order valence-electron chi connectivity index (χ0n) is 14.4. The van der Waals surface area contributed by atoms with Gasteiger partial charge in [-0.2, -0.15) is 9.78 Å². The Balaban J connectivity index is 1.56. The minimum Gasteiger partial charge on any atom is -0.493 e. The molecule has 7 nitrogen and oxygen atoms in total. The van der Waals surface area contributed by atoms with Gasteiger partial charge in [-0.3, -0.25) is 0 Å². The van der Waals surface area contributed by atoms with E-state index in [-0.39, 0.29) is 6.79 Å². The number of rotatable bonds is 6. The van der Waals surface area contributed by atoms with Gasteiger partial charge in [0.05, 0.1) is 13.3 Å². The summed E-state index contributed by atoms with van der Waals surface area (Å²) in [5.41, 5.74) is 2.01. The number of nitrogens with zero attached hydrogens (tertiary/aromatic N) is 3. The fourth-order valence-corrected chi connectivity index (χ4v) is 3.64. The second-order valence-electron chi connectivity index (χ2n) is 5.60.